The Balaban J connectivity index is 2.67. The second-order valence-electron chi connectivity index (χ2n) is 2.53. The summed E-state index contributed by atoms with van der Waals surface area (Å²) in [6.07, 6.45) is 4.57. The fourth-order valence-electron chi connectivity index (χ4n) is 0.823. The van der Waals surface area contributed by atoms with Crippen LogP contribution in [-0.4, -0.2) is 17.7 Å². The Bertz CT molecular complexity index is 118. The summed E-state index contributed by atoms with van der Waals surface area (Å²) in [5.41, 5.74) is 0. The Morgan fingerprint density at radius 1 is 1.75 bits per heavy atom. The molecule has 0 bridgehead atoms. The fourth-order valence-corrected chi connectivity index (χ4v) is 0.823. The standard InChI is InChI=1S/C6H11NO/c1-6-4-3-5-7(6,2)8/h3,5-6H,4H2,1-2H3. The predicted octanol–water partition coefficient (Wildman–Crippen LogP) is 1.24. The van der Waals surface area contributed by atoms with Crippen LogP contribution >= 0.6 is 0 Å². The first-order valence-electron chi connectivity index (χ1n) is 2.87. The van der Waals surface area contributed by atoms with Gasteiger partial charge in [-0.15, -0.1) is 0 Å². The largest absolute Gasteiger partial charge is 0.628 e. The molecule has 1 rings (SSSR count). The van der Waals surface area contributed by atoms with E-state index in [4.69, 9.17) is 0 Å². The number of hydrogen-bond donors (Lipinski definition) is 0. The maximum absolute atomic E-state index is 11.1. The van der Waals surface area contributed by atoms with E-state index < -0.39 is 0 Å². The summed E-state index contributed by atoms with van der Waals surface area (Å²) < 4.78 is -0.194. The van der Waals surface area contributed by atoms with Gasteiger partial charge in [-0.2, -0.15) is 0 Å². The molecule has 2 nitrogen and oxygen atoms in total. The monoisotopic (exact) mass is 113 g/mol. The molecule has 0 aromatic carbocycles. The number of rotatable bonds is 0. The molecule has 0 aliphatic carbocycles. The lowest BCUT2D eigenvalue weighted by Gasteiger charge is -2.36. The number of hydrogen-bond acceptors (Lipinski definition) is 1. The Morgan fingerprint density at radius 2 is 2.38 bits per heavy atom. The molecular weight excluding hydrogens is 102 g/mol. The van der Waals surface area contributed by atoms with Crippen LogP contribution in [0.1, 0.15) is 13.3 Å². The van der Waals surface area contributed by atoms with Gasteiger partial charge in [-0.05, 0) is 13.0 Å². The van der Waals surface area contributed by atoms with Crippen LogP contribution in [0.15, 0.2) is 12.3 Å². The van der Waals surface area contributed by atoms with Crippen LogP contribution in [0.3, 0.4) is 0 Å². The molecule has 0 amide bonds. The van der Waals surface area contributed by atoms with E-state index in [1.807, 2.05) is 13.0 Å². The van der Waals surface area contributed by atoms with Crippen LogP contribution < -0.4 is 0 Å². The molecule has 2 unspecified atom stereocenters. The average Bonchev–Trinajstić information content (AvgIpc) is 1.86. The second kappa shape index (κ2) is 1.57. The quantitative estimate of drug-likeness (QED) is 0.342. The lowest BCUT2D eigenvalue weighted by molar-refractivity contribution is -0.826. The molecule has 8 heavy (non-hydrogen) atoms. The summed E-state index contributed by atoms with van der Waals surface area (Å²) in [6.45, 7) is 1.97. The molecule has 0 saturated carbocycles. The maximum Gasteiger partial charge on any atom is 0.0935 e. The van der Waals surface area contributed by atoms with Crippen LogP contribution in [0.4, 0.5) is 0 Å². The molecule has 0 radical (unpaired) electrons. The van der Waals surface area contributed by atoms with Crippen LogP contribution in [0.25, 0.3) is 0 Å². The normalized spacial score (nSPS) is 45.6. The predicted molar refractivity (Wildman–Crippen MR) is 32.8 cm³/mol. The first-order chi connectivity index (χ1) is 3.63. The molecule has 2 heteroatoms. The van der Waals surface area contributed by atoms with Gasteiger partial charge in [0.1, 0.15) is 0 Å². The van der Waals surface area contributed by atoms with Gasteiger partial charge in [0.2, 0.25) is 0 Å². The molecule has 2 atom stereocenters. The van der Waals surface area contributed by atoms with Crippen molar-refractivity contribution in [3.63, 3.8) is 0 Å². The number of hydroxylamine groups is 3. The van der Waals surface area contributed by atoms with Crippen molar-refractivity contribution in [2.24, 2.45) is 0 Å². The van der Waals surface area contributed by atoms with Crippen LogP contribution in [-0.2, 0) is 0 Å². The first-order valence-corrected chi connectivity index (χ1v) is 2.87. The van der Waals surface area contributed by atoms with Gasteiger partial charge in [0.05, 0.1) is 19.3 Å². The second-order valence-corrected chi connectivity index (χ2v) is 2.53. The fraction of sp³-hybridized carbons (Fsp3) is 0.667. The van der Waals surface area contributed by atoms with Crippen LogP contribution in [0.2, 0.25) is 0 Å². The van der Waals surface area contributed by atoms with Crippen LogP contribution in [0.5, 0.6) is 0 Å². The Kier molecular flexibility index (Phi) is 1.14. The van der Waals surface area contributed by atoms with E-state index in [1.165, 1.54) is 0 Å². The van der Waals surface area contributed by atoms with E-state index in [0.29, 0.717) is 0 Å². The number of nitrogens with zero attached hydrogens (tertiary/aromatic N) is 1. The Hall–Kier alpha value is -0.340. The maximum atomic E-state index is 11.1. The van der Waals surface area contributed by atoms with Crippen molar-refractivity contribution in [1.29, 1.82) is 0 Å². The van der Waals surface area contributed by atoms with E-state index in [-0.39, 0.29) is 10.7 Å². The van der Waals surface area contributed by atoms with Crippen molar-refractivity contribution in [1.82, 2.24) is 0 Å². The van der Waals surface area contributed by atoms with Crippen molar-refractivity contribution in [3.8, 4) is 0 Å². The van der Waals surface area contributed by atoms with Crippen molar-refractivity contribution >= 4 is 0 Å². The molecular formula is C6H11NO. The molecule has 1 aliphatic heterocycles. The van der Waals surface area contributed by atoms with Crippen molar-refractivity contribution in [2.45, 2.75) is 19.4 Å². The van der Waals surface area contributed by atoms with Crippen molar-refractivity contribution in [3.05, 3.63) is 17.5 Å². The van der Waals surface area contributed by atoms with Gasteiger partial charge in [0.25, 0.3) is 0 Å². The zero-order valence-electron chi connectivity index (χ0n) is 5.29. The molecule has 0 saturated heterocycles. The SMILES string of the molecule is CC1CC=C[N+]1(C)[O-]. The summed E-state index contributed by atoms with van der Waals surface area (Å²) >= 11 is 0. The third-order valence-electron chi connectivity index (χ3n) is 1.75. The third kappa shape index (κ3) is 0.767. The van der Waals surface area contributed by atoms with Gasteiger partial charge >= 0.3 is 0 Å². The molecule has 1 aliphatic rings. The van der Waals surface area contributed by atoms with E-state index in [9.17, 15) is 5.21 Å². The minimum absolute atomic E-state index is 0.194. The molecule has 0 N–H and O–H groups in total. The highest BCUT2D eigenvalue weighted by Crippen LogP contribution is 2.19. The smallest absolute Gasteiger partial charge is 0.0935 e. The van der Waals surface area contributed by atoms with E-state index in [2.05, 4.69) is 0 Å². The average molecular weight is 113 g/mol. The van der Waals surface area contributed by atoms with E-state index in [0.717, 1.165) is 6.42 Å². The molecule has 0 spiro atoms. The summed E-state index contributed by atoms with van der Waals surface area (Å²) in [7, 11) is 1.67. The third-order valence-corrected chi connectivity index (χ3v) is 1.75. The van der Waals surface area contributed by atoms with Gasteiger partial charge in [0, 0.05) is 6.42 Å². The highest BCUT2D eigenvalue weighted by Gasteiger charge is 2.20. The minimum atomic E-state index is -0.194. The topological polar surface area (TPSA) is 23.1 Å². The zero-order valence-corrected chi connectivity index (χ0v) is 5.29. The zero-order chi connectivity index (χ0) is 6.20. The lowest BCUT2D eigenvalue weighted by atomic mass is 10.3. The summed E-state index contributed by atoms with van der Waals surface area (Å²) in [6, 6.07) is 0.231. The Morgan fingerprint density at radius 3 is 2.50 bits per heavy atom. The molecule has 46 valence electrons. The molecule has 0 aromatic heterocycles. The van der Waals surface area contributed by atoms with Gasteiger partial charge in [-0.25, -0.2) is 0 Å². The first kappa shape index (κ1) is 5.79. The molecule has 0 aromatic rings. The molecule has 1 heterocycles. The van der Waals surface area contributed by atoms with Gasteiger partial charge < -0.3 is 9.85 Å². The van der Waals surface area contributed by atoms with E-state index >= 15 is 0 Å². The van der Waals surface area contributed by atoms with Crippen molar-refractivity contribution < 1.29 is 4.65 Å². The van der Waals surface area contributed by atoms with E-state index in [1.54, 1.807) is 13.2 Å². The van der Waals surface area contributed by atoms with Crippen molar-refractivity contribution in [2.75, 3.05) is 7.05 Å². The van der Waals surface area contributed by atoms with Gasteiger partial charge in [-0.3, -0.25) is 0 Å². The minimum Gasteiger partial charge on any atom is -0.628 e. The Labute approximate surface area is 49.6 Å². The summed E-state index contributed by atoms with van der Waals surface area (Å²) in [5, 5.41) is 11.1. The highest BCUT2D eigenvalue weighted by atomic mass is 16.5. The summed E-state index contributed by atoms with van der Waals surface area (Å²) in [4.78, 5) is 0. The summed E-state index contributed by atoms with van der Waals surface area (Å²) in [5.74, 6) is 0. The van der Waals surface area contributed by atoms with Gasteiger partial charge in [-0.1, -0.05) is 0 Å². The molecule has 0 fully saturated rings. The van der Waals surface area contributed by atoms with Gasteiger partial charge in [0.15, 0.2) is 0 Å². The number of quaternary nitrogens is 1. The van der Waals surface area contributed by atoms with Crippen LogP contribution in [0, 0.1) is 5.21 Å². The highest BCUT2D eigenvalue weighted by molar-refractivity contribution is 4.85. The lowest BCUT2D eigenvalue weighted by Crippen LogP contribution is -2.36.